The number of hydrogen-bond acceptors (Lipinski definition) is 4. The van der Waals surface area contributed by atoms with Crippen molar-refractivity contribution in [1.29, 1.82) is 0 Å². The molecule has 1 heterocycles. The Balaban J connectivity index is 1.78. The predicted octanol–water partition coefficient (Wildman–Crippen LogP) is 5.95. The Morgan fingerprint density at radius 2 is 1.93 bits per heavy atom. The second-order valence-electron chi connectivity index (χ2n) is 7.61. The number of nitrogens with one attached hydrogen (secondary N) is 1. The number of carbonyl (C=O) groups excluding carboxylic acids is 1. The number of aromatic nitrogens is 1. The molecule has 30 heavy (non-hydrogen) atoms. The molecule has 0 aliphatic heterocycles. The average Bonchev–Trinajstić information content (AvgIpc) is 2.73. The number of carbonyl (C=O) groups is 1. The third-order valence-electron chi connectivity index (χ3n) is 5.55. The highest BCUT2D eigenvalue weighted by Gasteiger charge is 2.42. The predicted molar refractivity (Wildman–Crippen MR) is 121 cm³/mol. The molecular formula is C23H28Cl2N2O3. The summed E-state index contributed by atoms with van der Waals surface area (Å²) in [4.78, 5) is 17.9. The molecule has 7 heteroatoms. The summed E-state index contributed by atoms with van der Waals surface area (Å²) < 4.78 is 10.9. The van der Waals surface area contributed by atoms with Gasteiger partial charge in [-0.2, -0.15) is 0 Å². The van der Waals surface area contributed by atoms with Crippen molar-refractivity contribution < 1.29 is 14.3 Å². The molecule has 1 aliphatic rings. The van der Waals surface area contributed by atoms with Gasteiger partial charge in [0.25, 0.3) is 0 Å². The molecule has 0 saturated heterocycles. The Kier molecular flexibility index (Phi) is 7.98. The third kappa shape index (κ3) is 5.26. The average molecular weight is 451 g/mol. The monoisotopic (exact) mass is 450 g/mol. The lowest BCUT2D eigenvalue weighted by atomic mass is 9.68. The highest BCUT2D eigenvalue weighted by atomic mass is 35.5. The smallest absolute Gasteiger partial charge is 0.235 e. The molecule has 1 saturated carbocycles. The van der Waals surface area contributed by atoms with Gasteiger partial charge in [0.2, 0.25) is 11.8 Å². The molecule has 3 rings (SSSR count). The minimum absolute atomic E-state index is 0.0577. The van der Waals surface area contributed by atoms with Crippen LogP contribution in [0.5, 0.6) is 5.88 Å². The maximum atomic E-state index is 13.5. The van der Waals surface area contributed by atoms with E-state index in [0.717, 1.165) is 43.2 Å². The van der Waals surface area contributed by atoms with Crippen LogP contribution in [0.15, 0.2) is 30.5 Å². The number of hydrogen-bond donors (Lipinski definition) is 1. The Morgan fingerprint density at radius 3 is 2.60 bits per heavy atom. The van der Waals surface area contributed by atoms with Crippen LogP contribution >= 0.6 is 23.2 Å². The molecule has 0 bridgehead atoms. The van der Waals surface area contributed by atoms with E-state index in [4.69, 9.17) is 32.7 Å². The lowest BCUT2D eigenvalue weighted by molar-refractivity contribution is -0.122. The van der Waals surface area contributed by atoms with Crippen LogP contribution in [0.1, 0.15) is 50.2 Å². The van der Waals surface area contributed by atoms with Crippen molar-refractivity contribution in [3.63, 3.8) is 0 Å². The first-order valence-corrected chi connectivity index (χ1v) is 11.2. The van der Waals surface area contributed by atoms with Gasteiger partial charge in [-0.3, -0.25) is 4.79 Å². The number of halogens is 2. The van der Waals surface area contributed by atoms with Gasteiger partial charge >= 0.3 is 0 Å². The van der Waals surface area contributed by atoms with Crippen LogP contribution < -0.4 is 10.1 Å². The maximum Gasteiger partial charge on any atom is 0.235 e. The molecule has 0 radical (unpaired) electrons. The Labute approximate surface area is 188 Å². The van der Waals surface area contributed by atoms with E-state index in [-0.39, 0.29) is 5.91 Å². The maximum absolute atomic E-state index is 13.5. The van der Waals surface area contributed by atoms with Gasteiger partial charge in [-0.1, -0.05) is 48.5 Å². The van der Waals surface area contributed by atoms with Crippen LogP contribution in [0.3, 0.4) is 0 Å². The Morgan fingerprint density at radius 1 is 1.17 bits per heavy atom. The van der Waals surface area contributed by atoms with E-state index in [0.29, 0.717) is 41.4 Å². The van der Waals surface area contributed by atoms with E-state index in [1.165, 1.54) is 0 Å². The normalized spacial score (nSPS) is 15.6. The zero-order chi connectivity index (χ0) is 21.6. The standard InChI is InChI=1S/C23H28Cl2N2O3/c1-3-29-11-12-30-21-16(2)13-18(15-26-21)27-22(28)23(9-5-4-6-10-23)19-8-7-17(24)14-20(19)25/h7-8,13-15H,3-6,9-12H2,1-2H3,(H,27,28). The first kappa shape index (κ1) is 22.9. The van der Waals surface area contributed by atoms with Crippen LogP contribution in [0, 0.1) is 6.92 Å². The van der Waals surface area contributed by atoms with E-state index >= 15 is 0 Å². The summed E-state index contributed by atoms with van der Waals surface area (Å²) in [6, 6.07) is 7.27. The van der Waals surface area contributed by atoms with Gasteiger partial charge in [-0.05, 0) is 50.5 Å². The molecule has 0 unspecified atom stereocenters. The van der Waals surface area contributed by atoms with Crippen LogP contribution in [0.25, 0.3) is 0 Å². The number of pyridine rings is 1. The zero-order valence-electron chi connectivity index (χ0n) is 17.5. The van der Waals surface area contributed by atoms with Gasteiger partial charge in [0.1, 0.15) is 6.61 Å². The summed E-state index contributed by atoms with van der Waals surface area (Å²) in [6.45, 7) is 5.45. The van der Waals surface area contributed by atoms with Crippen molar-refractivity contribution in [1.82, 2.24) is 4.98 Å². The first-order chi connectivity index (χ1) is 14.5. The van der Waals surface area contributed by atoms with Crippen molar-refractivity contribution in [2.24, 2.45) is 0 Å². The van der Waals surface area contributed by atoms with E-state index in [1.54, 1.807) is 18.3 Å². The lowest BCUT2D eigenvalue weighted by Gasteiger charge is -2.37. The molecule has 5 nitrogen and oxygen atoms in total. The Bertz CT molecular complexity index is 883. The second kappa shape index (κ2) is 10.5. The molecule has 162 valence electrons. The number of ether oxygens (including phenoxy) is 2. The van der Waals surface area contributed by atoms with Gasteiger partial charge in [0.05, 0.1) is 23.9 Å². The molecule has 1 fully saturated rings. The van der Waals surface area contributed by atoms with Gasteiger partial charge in [-0.25, -0.2) is 4.98 Å². The summed E-state index contributed by atoms with van der Waals surface area (Å²) >= 11 is 12.6. The topological polar surface area (TPSA) is 60.5 Å². The van der Waals surface area contributed by atoms with Crippen molar-refractivity contribution in [3.05, 3.63) is 51.6 Å². The molecule has 1 aromatic carbocycles. The van der Waals surface area contributed by atoms with Crippen molar-refractivity contribution in [2.75, 3.05) is 25.1 Å². The number of benzene rings is 1. The fourth-order valence-corrected chi connectivity index (χ4v) is 4.62. The molecule has 0 atom stereocenters. The molecule has 1 N–H and O–H groups in total. The minimum Gasteiger partial charge on any atom is -0.475 e. The van der Waals surface area contributed by atoms with E-state index in [2.05, 4.69) is 10.3 Å². The number of rotatable bonds is 8. The van der Waals surface area contributed by atoms with Gasteiger partial charge < -0.3 is 14.8 Å². The van der Waals surface area contributed by atoms with Gasteiger partial charge in [0, 0.05) is 22.2 Å². The summed E-state index contributed by atoms with van der Waals surface area (Å²) in [7, 11) is 0. The molecule has 1 aliphatic carbocycles. The van der Waals surface area contributed by atoms with Crippen LogP contribution in [-0.4, -0.2) is 30.7 Å². The quantitative estimate of drug-likeness (QED) is 0.504. The van der Waals surface area contributed by atoms with Crippen LogP contribution in [0.2, 0.25) is 10.0 Å². The number of anilines is 1. The number of amides is 1. The van der Waals surface area contributed by atoms with E-state index in [9.17, 15) is 4.79 Å². The highest BCUT2D eigenvalue weighted by Crippen LogP contribution is 2.44. The van der Waals surface area contributed by atoms with E-state index in [1.807, 2.05) is 26.0 Å². The summed E-state index contributed by atoms with van der Waals surface area (Å²) in [6.07, 6.45) is 6.22. The van der Waals surface area contributed by atoms with Gasteiger partial charge in [-0.15, -0.1) is 0 Å². The van der Waals surface area contributed by atoms with Gasteiger partial charge in [0.15, 0.2) is 0 Å². The molecule has 1 amide bonds. The number of nitrogens with zero attached hydrogens (tertiary/aromatic N) is 1. The largest absolute Gasteiger partial charge is 0.475 e. The molecule has 1 aromatic heterocycles. The zero-order valence-corrected chi connectivity index (χ0v) is 19.0. The van der Waals surface area contributed by atoms with Crippen molar-refractivity contribution >= 4 is 34.8 Å². The van der Waals surface area contributed by atoms with E-state index < -0.39 is 5.41 Å². The Hall–Kier alpha value is -1.82. The second-order valence-corrected chi connectivity index (χ2v) is 8.46. The third-order valence-corrected chi connectivity index (χ3v) is 6.09. The number of aryl methyl sites for hydroxylation is 1. The fraction of sp³-hybridized carbons (Fsp3) is 0.478. The first-order valence-electron chi connectivity index (χ1n) is 10.4. The van der Waals surface area contributed by atoms with Crippen molar-refractivity contribution in [3.8, 4) is 5.88 Å². The lowest BCUT2D eigenvalue weighted by Crippen LogP contribution is -2.42. The molecule has 0 spiro atoms. The summed E-state index contributed by atoms with van der Waals surface area (Å²) in [5.74, 6) is 0.485. The van der Waals surface area contributed by atoms with Crippen molar-refractivity contribution in [2.45, 2.75) is 51.4 Å². The van der Waals surface area contributed by atoms with Crippen LogP contribution in [-0.2, 0) is 14.9 Å². The minimum atomic E-state index is -0.666. The summed E-state index contributed by atoms with van der Waals surface area (Å²) in [5, 5.41) is 4.16. The molecule has 2 aromatic rings. The summed E-state index contributed by atoms with van der Waals surface area (Å²) in [5.41, 5.74) is 1.67. The van der Waals surface area contributed by atoms with Crippen LogP contribution in [0.4, 0.5) is 5.69 Å². The fourth-order valence-electron chi connectivity index (χ4n) is 4.03. The SMILES string of the molecule is CCOCCOc1ncc(NC(=O)C2(c3ccc(Cl)cc3Cl)CCCCC2)cc1C. The molecular weight excluding hydrogens is 423 g/mol. The highest BCUT2D eigenvalue weighted by molar-refractivity contribution is 6.35.